The van der Waals surface area contributed by atoms with E-state index in [1.165, 1.54) is 63.8 Å². The molecule has 1 aromatic carbocycles. The predicted molar refractivity (Wildman–Crippen MR) is 100 cm³/mol. The van der Waals surface area contributed by atoms with Gasteiger partial charge in [-0.15, -0.1) is 0 Å². The number of nitrogens with zero attached hydrogens (tertiary/aromatic N) is 1. The third-order valence-corrected chi connectivity index (χ3v) is 5.87. The number of likely N-dealkylation sites (tertiary alicyclic amines) is 1. The molecule has 23 heavy (non-hydrogen) atoms. The fourth-order valence-electron chi connectivity index (χ4n) is 4.27. The number of benzene rings is 1. The van der Waals surface area contributed by atoms with Gasteiger partial charge in [0, 0.05) is 18.3 Å². The Morgan fingerprint density at radius 3 is 2.30 bits per heavy atom. The van der Waals surface area contributed by atoms with Gasteiger partial charge >= 0.3 is 0 Å². The highest BCUT2D eigenvalue weighted by molar-refractivity contribution is 5.46. The Balaban J connectivity index is 1.50. The Morgan fingerprint density at radius 2 is 1.70 bits per heavy atom. The molecule has 1 aromatic rings. The predicted octanol–water partition coefficient (Wildman–Crippen LogP) is 5.27. The molecular formula is C21H34N2. The van der Waals surface area contributed by atoms with Gasteiger partial charge in [0.05, 0.1) is 0 Å². The summed E-state index contributed by atoms with van der Waals surface area (Å²) in [6, 6.07) is 9.81. The van der Waals surface area contributed by atoms with Crippen LogP contribution >= 0.6 is 0 Å². The molecule has 1 N–H and O–H groups in total. The lowest BCUT2D eigenvalue weighted by molar-refractivity contribution is 0.224. The molecule has 1 unspecified atom stereocenters. The van der Waals surface area contributed by atoms with E-state index in [2.05, 4.69) is 55.3 Å². The standard InChI is InChI=1S/C21H34N2/c1-17(16-23-14-4-5-15-23)22-20-8-6-18(7-9-20)19-10-12-21(2,3)13-11-19/h6-9,17,19,22H,4-5,10-16H2,1-3H3. The molecular weight excluding hydrogens is 280 g/mol. The molecule has 0 bridgehead atoms. The molecule has 2 nitrogen and oxygen atoms in total. The zero-order valence-corrected chi connectivity index (χ0v) is 15.3. The van der Waals surface area contributed by atoms with Crippen LogP contribution in [0.1, 0.15) is 70.8 Å². The van der Waals surface area contributed by atoms with Crippen molar-refractivity contribution in [3.63, 3.8) is 0 Å². The van der Waals surface area contributed by atoms with Gasteiger partial charge in [0.25, 0.3) is 0 Å². The number of anilines is 1. The molecule has 0 spiro atoms. The van der Waals surface area contributed by atoms with Crippen LogP contribution in [0.2, 0.25) is 0 Å². The van der Waals surface area contributed by atoms with Crippen LogP contribution in [-0.2, 0) is 0 Å². The van der Waals surface area contributed by atoms with Crippen LogP contribution in [0.3, 0.4) is 0 Å². The van der Waals surface area contributed by atoms with Gasteiger partial charge in [-0.05, 0) is 87.6 Å². The molecule has 0 aromatic heterocycles. The zero-order chi connectivity index (χ0) is 16.3. The summed E-state index contributed by atoms with van der Waals surface area (Å²) in [4.78, 5) is 2.58. The minimum absolute atomic E-state index is 0.523. The van der Waals surface area contributed by atoms with Crippen molar-refractivity contribution in [2.75, 3.05) is 25.0 Å². The average molecular weight is 315 g/mol. The van der Waals surface area contributed by atoms with Gasteiger partial charge in [-0.25, -0.2) is 0 Å². The highest BCUT2D eigenvalue weighted by atomic mass is 15.2. The Bertz CT molecular complexity index is 475. The summed E-state index contributed by atoms with van der Waals surface area (Å²) in [7, 11) is 0. The van der Waals surface area contributed by atoms with E-state index in [1.807, 2.05) is 0 Å². The normalized spacial score (nSPS) is 23.8. The van der Waals surface area contributed by atoms with Crippen LogP contribution in [0.15, 0.2) is 24.3 Å². The SMILES string of the molecule is CC(CN1CCCC1)Nc1ccc(C2CCC(C)(C)CC2)cc1. The van der Waals surface area contributed by atoms with E-state index in [9.17, 15) is 0 Å². The summed E-state index contributed by atoms with van der Waals surface area (Å²) in [5, 5.41) is 3.67. The minimum Gasteiger partial charge on any atom is -0.381 e. The summed E-state index contributed by atoms with van der Waals surface area (Å²) < 4.78 is 0. The first-order chi connectivity index (χ1) is 11.0. The first kappa shape index (κ1) is 16.8. The quantitative estimate of drug-likeness (QED) is 0.797. The molecule has 128 valence electrons. The van der Waals surface area contributed by atoms with Crippen LogP contribution in [0.5, 0.6) is 0 Å². The second kappa shape index (κ2) is 7.25. The first-order valence-electron chi connectivity index (χ1n) is 9.61. The van der Waals surface area contributed by atoms with E-state index in [4.69, 9.17) is 0 Å². The molecule has 1 atom stereocenters. The number of nitrogens with one attached hydrogen (secondary N) is 1. The topological polar surface area (TPSA) is 15.3 Å². The molecule has 2 heteroatoms. The lowest BCUT2D eigenvalue weighted by atomic mass is 9.71. The molecule has 3 rings (SSSR count). The van der Waals surface area contributed by atoms with Crippen LogP contribution in [0.25, 0.3) is 0 Å². The number of hydrogen-bond donors (Lipinski definition) is 1. The van der Waals surface area contributed by atoms with Crippen LogP contribution in [0, 0.1) is 5.41 Å². The highest BCUT2D eigenvalue weighted by Gasteiger charge is 2.27. The van der Waals surface area contributed by atoms with Crippen molar-refractivity contribution in [1.82, 2.24) is 4.90 Å². The molecule has 2 fully saturated rings. The van der Waals surface area contributed by atoms with Crippen molar-refractivity contribution in [2.24, 2.45) is 5.41 Å². The van der Waals surface area contributed by atoms with Crippen molar-refractivity contribution in [1.29, 1.82) is 0 Å². The second-order valence-electron chi connectivity index (χ2n) is 8.61. The van der Waals surface area contributed by atoms with E-state index >= 15 is 0 Å². The lowest BCUT2D eigenvalue weighted by Crippen LogP contribution is -2.32. The maximum atomic E-state index is 3.67. The van der Waals surface area contributed by atoms with Gasteiger partial charge in [0.1, 0.15) is 0 Å². The molecule has 1 aliphatic heterocycles. The maximum Gasteiger partial charge on any atom is 0.0360 e. The number of hydrogen-bond acceptors (Lipinski definition) is 2. The van der Waals surface area contributed by atoms with E-state index in [0.29, 0.717) is 11.5 Å². The largest absolute Gasteiger partial charge is 0.381 e. The Labute approximate surface area is 142 Å². The first-order valence-corrected chi connectivity index (χ1v) is 9.61. The third-order valence-electron chi connectivity index (χ3n) is 5.87. The molecule has 0 radical (unpaired) electrons. The van der Waals surface area contributed by atoms with Crippen LogP contribution in [-0.4, -0.2) is 30.6 Å². The van der Waals surface area contributed by atoms with Gasteiger partial charge in [-0.2, -0.15) is 0 Å². The Kier molecular flexibility index (Phi) is 5.31. The van der Waals surface area contributed by atoms with E-state index in [0.717, 1.165) is 5.92 Å². The van der Waals surface area contributed by atoms with E-state index < -0.39 is 0 Å². The monoisotopic (exact) mass is 314 g/mol. The van der Waals surface area contributed by atoms with Crippen LogP contribution in [0.4, 0.5) is 5.69 Å². The number of rotatable bonds is 5. The van der Waals surface area contributed by atoms with Gasteiger partial charge in [0.15, 0.2) is 0 Å². The van der Waals surface area contributed by atoms with Gasteiger partial charge in [-0.3, -0.25) is 0 Å². The molecule has 1 aliphatic carbocycles. The summed E-state index contributed by atoms with van der Waals surface area (Å²) in [6.45, 7) is 10.9. The summed E-state index contributed by atoms with van der Waals surface area (Å²) in [5.41, 5.74) is 3.37. The fraction of sp³-hybridized carbons (Fsp3) is 0.714. The summed E-state index contributed by atoms with van der Waals surface area (Å²) >= 11 is 0. The third kappa shape index (κ3) is 4.73. The zero-order valence-electron chi connectivity index (χ0n) is 15.3. The van der Waals surface area contributed by atoms with Crippen LogP contribution < -0.4 is 5.32 Å². The smallest absolute Gasteiger partial charge is 0.0360 e. The fourth-order valence-corrected chi connectivity index (χ4v) is 4.27. The Morgan fingerprint density at radius 1 is 1.09 bits per heavy atom. The summed E-state index contributed by atoms with van der Waals surface area (Å²) in [6.07, 6.45) is 8.19. The van der Waals surface area contributed by atoms with Gasteiger partial charge in [-0.1, -0.05) is 26.0 Å². The maximum absolute atomic E-state index is 3.67. The van der Waals surface area contributed by atoms with Crippen molar-refractivity contribution in [2.45, 2.75) is 71.3 Å². The minimum atomic E-state index is 0.523. The van der Waals surface area contributed by atoms with Gasteiger partial charge < -0.3 is 10.2 Å². The van der Waals surface area contributed by atoms with Gasteiger partial charge in [0.2, 0.25) is 0 Å². The van der Waals surface area contributed by atoms with Crippen molar-refractivity contribution in [3.05, 3.63) is 29.8 Å². The molecule has 2 aliphatic rings. The van der Waals surface area contributed by atoms with Crippen molar-refractivity contribution >= 4 is 5.69 Å². The average Bonchev–Trinajstić information content (AvgIpc) is 3.01. The highest BCUT2D eigenvalue weighted by Crippen LogP contribution is 2.42. The van der Waals surface area contributed by atoms with Crippen molar-refractivity contribution < 1.29 is 0 Å². The lowest BCUT2D eigenvalue weighted by Gasteiger charge is -2.34. The van der Waals surface area contributed by atoms with E-state index in [1.54, 1.807) is 5.56 Å². The molecule has 1 saturated carbocycles. The Hall–Kier alpha value is -1.02. The second-order valence-corrected chi connectivity index (χ2v) is 8.61. The summed E-state index contributed by atoms with van der Waals surface area (Å²) in [5.74, 6) is 0.777. The molecule has 1 heterocycles. The van der Waals surface area contributed by atoms with Crippen molar-refractivity contribution in [3.8, 4) is 0 Å². The molecule has 1 saturated heterocycles. The van der Waals surface area contributed by atoms with E-state index in [-0.39, 0.29) is 0 Å². The molecule has 0 amide bonds.